The molecule has 9 nitrogen and oxygen atoms in total. The SMILES string of the molecule is COCCOC(=O)Nc1cccc(NC(=O)CCN2C(=O)C3CCCCC3C2=O)c1. The van der Waals surface area contributed by atoms with Crippen molar-refractivity contribution in [3.05, 3.63) is 24.3 Å². The lowest BCUT2D eigenvalue weighted by Gasteiger charge is -2.19. The van der Waals surface area contributed by atoms with E-state index in [1.807, 2.05) is 0 Å². The molecule has 1 aromatic carbocycles. The summed E-state index contributed by atoms with van der Waals surface area (Å²) in [5, 5.41) is 5.29. The average molecular weight is 417 g/mol. The zero-order chi connectivity index (χ0) is 21.5. The van der Waals surface area contributed by atoms with Crippen LogP contribution >= 0.6 is 0 Å². The molecular formula is C21H27N3O6. The molecule has 162 valence electrons. The summed E-state index contributed by atoms with van der Waals surface area (Å²) in [7, 11) is 1.51. The Hall–Kier alpha value is -2.94. The monoisotopic (exact) mass is 417 g/mol. The van der Waals surface area contributed by atoms with Crippen LogP contribution < -0.4 is 10.6 Å². The van der Waals surface area contributed by atoms with Crippen molar-refractivity contribution in [2.24, 2.45) is 11.8 Å². The first-order valence-corrected chi connectivity index (χ1v) is 10.2. The average Bonchev–Trinajstić information content (AvgIpc) is 2.97. The van der Waals surface area contributed by atoms with Crippen molar-refractivity contribution >= 4 is 35.2 Å². The highest BCUT2D eigenvalue weighted by Crippen LogP contribution is 2.37. The number of nitrogens with zero attached hydrogens (tertiary/aromatic N) is 1. The summed E-state index contributed by atoms with van der Waals surface area (Å²) in [6.07, 6.45) is 2.85. The van der Waals surface area contributed by atoms with Gasteiger partial charge in [0.25, 0.3) is 0 Å². The third-order valence-electron chi connectivity index (χ3n) is 5.41. The van der Waals surface area contributed by atoms with E-state index in [9.17, 15) is 19.2 Å². The zero-order valence-electron chi connectivity index (χ0n) is 17.0. The van der Waals surface area contributed by atoms with Crippen LogP contribution in [0.15, 0.2) is 24.3 Å². The molecule has 2 N–H and O–H groups in total. The zero-order valence-corrected chi connectivity index (χ0v) is 17.0. The second-order valence-corrected chi connectivity index (χ2v) is 7.46. The highest BCUT2D eigenvalue weighted by atomic mass is 16.6. The molecule has 0 radical (unpaired) electrons. The molecule has 0 spiro atoms. The molecule has 1 saturated carbocycles. The molecule has 1 saturated heterocycles. The van der Waals surface area contributed by atoms with Gasteiger partial charge in [0.15, 0.2) is 0 Å². The van der Waals surface area contributed by atoms with Crippen molar-refractivity contribution in [3.63, 3.8) is 0 Å². The van der Waals surface area contributed by atoms with Gasteiger partial charge in [0.2, 0.25) is 17.7 Å². The van der Waals surface area contributed by atoms with Crippen LogP contribution in [0.3, 0.4) is 0 Å². The maximum atomic E-state index is 12.5. The van der Waals surface area contributed by atoms with Gasteiger partial charge in [-0.05, 0) is 31.0 Å². The maximum Gasteiger partial charge on any atom is 0.411 e. The number of rotatable bonds is 8. The number of hydrogen-bond donors (Lipinski definition) is 2. The maximum absolute atomic E-state index is 12.5. The minimum atomic E-state index is -0.622. The first-order chi connectivity index (χ1) is 14.5. The molecule has 1 aliphatic carbocycles. The molecule has 1 heterocycles. The Morgan fingerprint density at radius 3 is 2.30 bits per heavy atom. The van der Waals surface area contributed by atoms with Crippen molar-refractivity contribution in [2.75, 3.05) is 37.5 Å². The van der Waals surface area contributed by atoms with E-state index in [4.69, 9.17) is 9.47 Å². The van der Waals surface area contributed by atoms with E-state index in [0.717, 1.165) is 25.7 Å². The Morgan fingerprint density at radius 1 is 1.03 bits per heavy atom. The Kier molecular flexibility index (Phi) is 7.40. The molecule has 0 aromatic heterocycles. The number of nitrogens with one attached hydrogen (secondary N) is 2. The van der Waals surface area contributed by atoms with E-state index < -0.39 is 6.09 Å². The Labute approximate surface area is 175 Å². The van der Waals surface area contributed by atoms with E-state index in [-0.39, 0.29) is 49.1 Å². The number of benzene rings is 1. The normalized spacial score (nSPS) is 20.6. The number of carbonyl (C=O) groups excluding carboxylic acids is 4. The van der Waals surface area contributed by atoms with E-state index in [0.29, 0.717) is 18.0 Å². The molecule has 1 aliphatic heterocycles. The number of methoxy groups -OCH3 is 1. The predicted molar refractivity (Wildman–Crippen MR) is 109 cm³/mol. The largest absolute Gasteiger partial charge is 0.447 e. The smallest absolute Gasteiger partial charge is 0.411 e. The summed E-state index contributed by atoms with van der Waals surface area (Å²) in [5.41, 5.74) is 0.951. The minimum Gasteiger partial charge on any atom is -0.447 e. The third-order valence-corrected chi connectivity index (χ3v) is 5.41. The molecule has 9 heteroatoms. The first kappa shape index (κ1) is 21.8. The highest BCUT2D eigenvalue weighted by molar-refractivity contribution is 6.05. The van der Waals surface area contributed by atoms with Crippen LogP contribution in [0.25, 0.3) is 0 Å². The molecule has 1 aromatic rings. The van der Waals surface area contributed by atoms with E-state index >= 15 is 0 Å². The molecular weight excluding hydrogens is 390 g/mol. The number of likely N-dealkylation sites (tertiary alicyclic amines) is 1. The number of hydrogen-bond acceptors (Lipinski definition) is 6. The molecule has 3 rings (SSSR count). The lowest BCUT2D eigenvalue weighted by atomic mass is 9.81. The van der Waals surface area contributed by atoms with Gasteiger partial charge in [0, 0.05) is 31.5 Å². The van der Waals surface area contributed by atoms with Gasteiger partial charge in [-0.15, -0.1) is 0 Å². The molecule has 4 amide bonds. The lowest BCUT2D eigenvalue weighted by Crippen LogP contribution is -2.34. The summed E-state index contributed by atoms with van der Waals surface area (Å²) in [6.45, 7) is 0.516. The third kappa shape index (κ3) is 5.35. The van der Waals surface area contributed by atoms with Crippen molar-refractivity contribution in [1.29, 1.82) is 0 Å². The quantitative estimate of drug-likeness (QED) is 0.496. The summed E-state index contributed by atoms with van der Waals surface area (Å²) in [4.78, 5) is 50.2. The standard InChI is InChI=1S/C21H27N3O6/c1-29-11-12-30-21(28)23-15-6-4-5-14(13-15)22-18(25)9-10-24-19(26)16-7-2-3-8-17(16)20(24)27/h4-6,13,16-17H,2-3,7-12H2,1H3,(H,22,25)(H,23,28). The summed E-state index contributed by atoms with van der Waals surface area (Å²) in [5.74, 6) is -1.02. The van der Waals surface area contributed by atoms with Gasteiger partial charge < -0.3 is 14.8 Å². The highest BCUT2D eigenvalue weighted by Gasteiger charge is 2.47. The minimum absolute atomic E-state index is 0.0215. The van der Waals surface area contributed by atoms with Crippen molar-refractivity contribution in [2.45, 2.75) is 32.1 Å². The summed E-state index contributed by atoms with van der Waals surface area (Å²) < 4.78 is 9.74. The molecule has 2 aliphatic rings. The summed E-state index contributed by atoms with van der Waals surface area (Å²) >= 11 is 0. The van der Waals surface area contributed by atoms with E-state index in [2.05, 4.69) is 10.6 Å². The Bertz CT molecular complexity index is 788. The fourth-order valence-electron chi connectivity index (χ4n) is 3.93. The van der Waals surface area contributed by atoms with Crippen LogP contribution in [0.2, 0.25) is 0 Å². The van der Waals surface area contributed by atoms with Gasteiger partial charge in [-0.25, -0.2) is 4.79 Å². The number of imide groups is 1. The van der Waals surface area contributed by atoms with Gasteiger partial charge >= 0.3 is 6.09 Å². The number of fused-ring (bicyclic) bond motifs is 1. The van der Waals surface area contributed by atoms with Gasteiger partial charge in [-0.1, -0.05) is 18.9 Å². The van der Waals surface area contributed by atoms with E-state index in [1.165, 1.54) is 12.0 Å². The molecule has 0 bridgehead atoms. The number of carbonyl (C=O) groups is 4. The van der Waals surface area contributed by atoms with Crippen LogP contribution in [-0.4, -0.2) is 55.6 Å². The van der Waals surface area contributed by atoms with Gasteiger partial charge in [-0.2, -0.15) is 0 Å². The van der Waals surface area contributed by atoms with Crippen LogP contribution in [-0.2, 0) is 23.9 Å². The fourth-order valence-corrected chi connectivity index (χ4v) is 3.93. The predicted octanol–water partition coefficient (Wildman–Crippen LogP) is 2.39. The molecule has 30 heavy (non-hydrogen) atoms. The molecule has 2 unspecified atom stereocenters. The lowest BCUT2D eigenvalue weighted by molar-refractivity contribution is -0.140. The Balaban J connectivity index is 1.48. The van der Waals surface area contributed by atoms with Crippen LogP contribution in [0.4, 0.5) is 16.2 Å². The molecule has 2 fully saturated rings. The van der Waals surface area contributed by atoms with Crippen LogP contribution in [0, 0.1) is 11.8 Å². The van der Waals surface area contributed by atoms with Gasteiger partial charge in [0.05, 0.1) is 18.4 Å². The molecule has 2 atom stereocenters. The van der Waals surface area contributed by atoms with Crippen molar-refractivity contribution in [3.8, 4) is 0 Å². The second-order valence-electron chi connectivity index (χ2n) is 7.46. The van der Waals surface area contributed by atoms with Crippen molar-refractivity contribution < 1.29 is 28.7 Å². The number of ether oxygens (including phenoxy) is 2. The summed E-state index contributed by atoms with van der Waals surface area (Å²) in [6, 6.07) is 6.62. The van der Waals surface area contributed by atoms with E-state index in [1.54, 1.807) is 24.3 Å². The van der Waals surface area contributed by atoms with Gasteiger partial charge in [-0.3, -0.25) is 24.6 Å². The first-order valence-electron chi connectivity index (χ1n) is 10.2. The van der Waals surface area contributed by atoms with Gasteiger partial charge in [0.1, 0.15) is 6.61 Å². The number of amides is 4. The van der Waals surface area contributed by atoms with Crippen LogP contribution in [0.5, 0.6) is 0 Å². The topological polar surface area (TPSA) is 114 Å². The second kappa shape index (κ2) is 10.2. The fraction of sp³-hybridized carbons (Fsp3) is 0.524. The Morgan fingerprint density at radius 2 is 1.67 bits per heavy atom. The van der Waals surface area contributed by atoms with Crippen LogP contribution in [0.1, 0.15) is 32.1 Å². The number of anilines is 2. The van der Waals surface area contributed by atoms with Crippen molar-refractivity contribution in [1.82, 2.24) is 4.90 Å².